The van der Waals surface area contributed by atoms with Crippen molar-refractivity contribution < 1.29 is 19.2 Å². The van der Waals surface area contributed by atoms with Gasteiger partial charge in [0.2, 0.25) is 0 Å². The zero-order valence-corrected chi connectivity index (χ0v) is 21.9. The first-order valence-corrected chi connectivity index (χ1v) is 12.1. The molecule has 2 aromatic carbocycles. The maximum absolute atomic E-state index is 13.0. The SMILES string of the molecule is CCN1C(=S)NC(c2ccc(NC(=O)c3ccc(Cl)c([N+](=O)[O-])c3)cc2)C(C(=O)OCC(C)C)=C1C. The summed E-state index contributed by atoms with van der Waals surface area (Å²) in [7, 11) is 0. The highest BCUT2D eigenvalue weighted by Crippen LogP contribution is 2.32. The number of nitro benzene ring substituents is 1. The Morgan fingerprint density at radius 2 is 1.92 bits per heavy atom. The number of hydrogen-bond donors (Lipinski definition) is 2. The number of anilines is 1. The van der Waals surface area contributed by atoms with Crippen molar-refractivity contribution in [1.29, 1.82) is 0 Å². The molecule has 0 saturated heterocycles. The molecule has 3 rings (SSSR count). The molecule has 2 N–H and O–H groups in total. The molecule has 190 valence electrons. The molecule has 1 atom stereocenters. The van der Waals surface area contributed by atoms with Crippen LogP contribution in [0.5, 0.6) is 0 Å². The molecule has 11 heteroatoms. The van der Waals surface area contributed by atoms with Crippen molar-refractivity contribution in [2.75, 3.05) is 18.5 Å². The second kappa shape index (κ2) is 11.5. The summed E-state index contributed by atoms with van der Waals surface area (Å²) in [6.07, 6.45) is 0. The Balaban J connectivity index is 1.85. The van der Waals surface area contributed by atoms with E-state index in [2.05, 4.69) is 10.6 Å². The number of carbonyl (C=O) groups is 2. The smallest absolute Gasteiger partial charge is 0.338 e. The molecule has 9 nitrogen and oxygen atoms in total. The number of rotatable bonds is 8. The van der Waals surface area contributed by atoms with Crippen LogP contribution in [0.4, 0.5) is 11.4 Å². The van der Waals surface area contributed by atoms with Gasteiger partial charge in [0.05, 0.1) is 23.1 Å². The molecule has 0 saturated carbocycles. The second-order valence-electron chi connectivity index (χ2n) is 8.62. The van der Waals surface area contributed by atoms with Gasteiger partial charge in [-0.1, -0.05) is 37.6 Å². The number of esters is 1. The molecule has 36 heavy (non-hydrogen) atoms. The fraction of sp³-hybridized carbons (Fsp3) is 0.320. The maximum atomic E-state index is 13.0. The summed E-state index contributed by atoms with van der Waals surface area (Å²) in [6.45, 7) is 8.62. The number of carbonyl (C=O) groups excluding carboxylic acids is 2. The minimum atomic E-state index is -0.644. The Morgan fingerprint density at radius 3 is 2.50 bits per heavy atom. The molecule has 2 aromatic rings. The molecule has 1 amide bonds. The number of allylic oxidation sites excluding steroid dienone is 1. The normalized spacial score (nSPS) is 15.6. The van der Waals surface area contributed by atoms with Crippen LogP contribution < -0.4 is 10.6 Å². The Bertz CT molecular complexity index is 1230. The van der Waals surface area contributed by atoms with Gasteiger partial charge in [-0.3, -0.25) is 14.9 Å². The topological polar surface area (TPSA) is 114 Å². The number of halogens is 1. The predicted octanol–water partition coefficient (Wildman–Crippen LogP) is 5.22. The molecule has 1 aliphatic rings. The number of amides is 1. The first kappa shape index (κ1) is 27.1. The number of ether oxygens (including phenoxy) is 1. The third kappa shape index (κ3) is 6.00. The summed E-state index contributed by atoms with van der Waals surface area (Å²) in [4.78, 5) is 38.0. The number of nitrogens with zero attached hydrogens (tertiary/aromatic N) is 2. The lowest BCUT2D eigenvalue weighted by atomic mass is 9.94. The van der Waals surface area contributed by atoms with Gasteiger partial charge >= 0.3 is 5.97 Å². The van der Waals surface area contributed by atoms with Gasteiger partial charge in [0.25, 0.3) is 11.6 Å². The van der Waals surface area contributed by atoms with E-state index in [0.29, 0.717) is 29.5 Å². The summed E-state index contributed by atoms with van der Waals surface area (Å²) in [5, 5.41) is 17.5. The van der Waals surface area contributed by atoms with Crippen molar-refractivity contribution in [1.82, 2.24) is 10.2 Å². The van der Waals surface area contributed by atoms with Crippen molar-refractivity contribution in [2.45, 2.75) is 33.7 Å². The van der Waals surface area contributed by atoms with Crippen LogP contribution in [0.1, 0.15) is 49.7 Å². The highest BCUT2D eigenvalue weighted by Gasteiger charge is 2.34. The summed E-state index contributed by atoms with van der Waals surface area (Å²) in [5.41, 5.74) is 2.17. The van der Waals surface area contributed by atoms with Crippen LogP contribution in [0, 0.1) is 16.0 Å². The van der Waals surface area contributed by atoms with Gasteiger partial charge in [0.15, 0.2) is 5.11 Å². The highest BCUT2D eigenvalue weighted by molar-refractivity contribution is 7.80. The molecule has 0 radical (unpaired) electrons. The second-order valence-corrected chi connectivity index (χ2v) is 9.41. The van der Waals surface area contributed by atoms with Crippen LogP contribution >= 0.6 is 23.8 Å². The van der Waals surface area contributed by atoms with Gasteiger partial charge in [-0.05, 0) is 61.8 Å². The lowest BCUT2D eigenvalue weighted by Gasteiger charge is -2.37. The fourth-order valence-electron chi connectivity index (χ4n) is 3.75. The predicted molar refractivity (Wildman–Crippen MR) is 142 cm³/mol. The van der Waals surface area contributed by atoms with Gasteiger partial charge in [-0.25, -0.2) is 4.79 Å². The average Bonchev–Trinajstić information content (AvgIpc) is 2.83. The van der Waals surface area contributed by atoms with E-state index in [9.17, 15) is 19.7 Å². The van der Waals surface area contributed by atoms with Crippen LogP contribution in [-0.2, 0) is 9.53 Å². The number of benzene rings is 2. The van der Waals surface area contributed by atoms with E-state index in [0.717, 1.165) is 17.3 Å². The Labute approximate surface area is 219 Å². The minimum Gasteiger partial charge on any atom is -0.462 e. The largest absolute Gasteiger partial charge is 0.462 e. The van der Waals surface area contributed by atoms with Crippen molar-refractivity contribution in [3.63, 3.8) is 0 Å². The molecule has 0 aliphatic carbocycles. The summed E-state index contributed by atoms with van der Waals surface area (Å²) < 4.78 is 5.53. The lowest BCUT2D eigenvalue weighted by molar-refractivity contribution is -0.384. The minimum absolute atomic E-state index is 0.0495. The molecule has 1 aliphatic heterocycles. The van der Waals surface area contributed by atoms with Crippen molar-refractivity contribution in [3.8, 4) is 0 Å². The monoisotopic (exact) mass is 530 g/mol. The van der Waals surface area contributed by atoms with Gasteiger partial charge in [-0.15, -0.1) is 0 Å². The van der Waals surface area contributed by atoms with Crippen molar-refractivity contribution >= 4 is 52.2 Å². The van der Waals surface area contributed by atoms with E-state index >= 15 is 0 Å². The number of thiocarbonyl (C=S) groups is 1. The van der Waals surface area contributed by atoms with E-state index < -0.39 is 22.8 Å². The molecule has 0 spiro atoms. The molecule has 1 unspecified atom stereocenters. The number of hydrogen-bond acceptors (Lipinski definition) is 6. The van der Waals surface area contributed by atoms with Crippen LogP contribution in [0.15, 0.2) is 53.7 Å². The lowest BCUT2D eigenvalue weighted by Crippen LogP contribution is -2.47. The van der Waals surface area contributed by atoms with Gasteiger partial charge in [0.1, 0.15) is 5.02 Å². The Kier molecular flexibility index (Phi) is 8.65. The van der Waals surface area contributed by atoms with Gasteiger partial charge in [0, 0.05) is 29.6 Å². The van der Waals surface area contributed by atoms with E-state index in [1.807, 2.05) is 32.6 Å². The van der Waals surface area contributed by atoms with E-state index in [4.69, 9.17) is 28.6 Å². The molecular weight excluding hydrogens is 504 g/mol. The van der Waals surface area contributed by atoms with Crippen LogP contribution in [0.2, 0.25) is 5.02 Å². The average molecular weight is 531 g/mol. The van der Waals surface area contributed by atoms with Crippen molar-refractivity contribution in [3.05, 3.63) is 80.0 Å². The van der Waals surface area contributed by atoms with Crippen LogP contribution in [0.25, 0.3) is 0 Å². The molecule has 0 aromatic heterocycles. The van der Waals surface area contributed by atoms with Crippen LogP contribution in [0.3, 0.4) is 0 Å². The summed E-state index contributed by atoms with van der Waals surface area (Å²) >= 11 is 11.3. The van der Waals surface area contributed by atoms with E-state index in [1.165, 1.54) is 12.1 Å². The third-order valence-electron chi connectivity index (χ3n) is 5.59. The van der Waals surface area contributed by atoms with Gasteiger partial charge < -0.3 is 20.3 Å². The van der Waals surface area contributed by atoms with Gasteiger partial charge in [-0.2, -0.15) is 0 Å². The van der Waals surface area contributed by atoms with E-state index in [-0.39, 0.29) is 22.2 Å². The highest BCUT2D eigenvalue weighted by atomic mass is 35.5. The summed E-state index contributed by atoms with van der Waals surface area (Å²) in [6, 6.07) is 10.2. The molecule has 0 fully saturated rings. The first-order valence-electron chi connectivity index (χ1n) is 11.3. The fourth-order valence-corrected chi connectivity index (χ4v) is 4.32. The standard InChI is InChI=1S/C25H27ClN4O5S/c1-5-29-15(4)21(24(32)35-13-14(2)3)22(28-25(29)36)16-6-9-18(10-7-16)27-23(31)17-8-11-19(26)20(12-17)30(33)34/h6-12,14,22H,5,13H2,1-4H3,(H,27,31)(H,28,36). The Hall–Kier alpha value is -3.50. The van der Waals surface area contributed by atoms with Crippen molar-refractivity contribution in [2.24, 2.45) is 5.92 Å². The third-order valence-corrected chi connectivity index (χ3v) is 6.24. The molecule has 0 bridgehead atoms. The molecular formula is C25H27ClN4O5S. The van der Waals surface area contributed by atoms with Crippen LogP contribution in [-0.4, -0.2) is 40.0 Å². The zero-order valence-electron chi connectivity index (χ0n) is 20.3. The zero-order chi connectivity index (χ0) is 26.6. The Morgan fingerprint density at radius 1 is 1.25 bits per heavy atom. The number of nitrogens with one attached hydrogen (secondary N) is 2. The summed E-state index contributed by atoms with van der Waals surface area (Å²) in [5.74, 6) is -0.744. The maximum Gasteiger partial charge on any atom is 0.338 e. The number of nitro groups is 1. The quantitative estimate of drug-likeness (QED) is 0.206. The molecule has 1 heterocycles. The van der Waals surface area contributed by atoms with E-state index in [1.54, 1.807) is 24.3 Å². The first-order chi connectivity index (χ1) is 17.0.